The Kier molecular flexibility index (Phi) is 2.95. The highest BCUT2D eigenvalue weighted by Crippen LogP contribution is 2.08. The lowest BCUT2D eigenvalue weighted by molar-refractivity contribution is 1.24. The average molecular weight is 181 g/mol. The predicted molar refractivity (Wildman–Crippen MR) is 51.0 cm³/mol. The normalized spacial score (nSPS) is 8.83. The molecule has 0 saturated heterocycles. The van der Waals surface area contributed by atoms with Crippen molar-refractivity contribution in [1.29, 1.82) is 0 Å². The Balaban J connectivity index is 3.01. The van der Waals surface area contributed by atoms with E-state index in [4.69, 9.17) is 17.3 Å². The first-order valence-corrected chi connectivity index (χ1v) is 4.04. The van der Waals surface area contributed by atoms with Crippen molar-refractivity contribution in [2.45, 2.75) is 6.92 Å². The van der Waals surface area contributed by atoms with Crippen molar-refractivity contribution in [3.8, 4) is 11.8 Å². The summed E-state index contributed by atoms with van der Waals surface area (Å²) in [7, 11) is 0. The topological polar surface area (TPSA) is 38.9 Å². The molecule has 0 spiro atoms. The molecule has 0 radical (unpaired) electrons. The molecule has 0 amide bonds. The smallest absolute Gasteiger partial charge is 0.136 e. The van der Waals surface area contributed by atoms with Crippen LogP contribution in [0.25, 0.3) is 0 Å². The van der Waals surface area contributed by atoms with Gasteiger partial charge in [0.25, 0.3) is 0 Å². The van der Waals surface area contributed by atoms with Gasteiger partial charge in [0.05, 0.1) is 11.6 Å². The van der Waals surface area contributed by atoms with Crippen molar-refractivity contribution in [1.82, 2.24) is 4.98 Å². The fraction of sp³-hybridized carbons (Fsp3) is 0.222. The Morgan fingerprint density at radius 2 is 2.42 bits per heavy atom. The molecular weight excluding hydrogens is 172 g/mol. The van der Waals surface area contributed by atoms with E-state index in [0.717, 1.165) is 5.56 Å². The van der Waals surface area contributed by atoms with Gasteiger partial charge in [0.2, 0.25) is 0 Å². The molecule has 0 aliphatic rings. The van der Waals surface area contributed by atoms with Gasteiger partial charge >= 0.3 is 0 Å². The Morgan fingerprint density at radius 1 is 1.67 bits per heavy atom. The van der Waals surface area contributed by atoms with E-state index in [1.807, 2.05) is 13.0 Å². The molecule has 1 aromatic heterocycles. The number of nitrogen functional groups attached to an aromatic ring is 1. The molecule has 62 valence electrons. The molecule has 0 aromatic carbocycles. The van der Waals surface area contributed by atoms with Crippen LogP contribution in [0.2, 0.25) is 0 Å². The fourth-order valence-electron chi connectivity index (χ4n) is 0.813. The molecule has 1 heterocycles. The van der Waals surface area contributed by atoms with Gasteiger partial charge < -0.3 is 5.73 Å². The molecular formula is C9H9ClN2. The van der Waals surface area contributed by atoms with Crippen molar-refractivity contribution in [3.63, 3.8) is 0 Å². The summed E-state index contributed by atoms with van der Waals surface area (Å²) in [6.07, 6.45) is 1.73. The van der Waals surface area contributed by atoms with Gasteiger partial charge in [-0.25, -0.2) is 4.98 Å². The SMILES string of the molecule is Cc1cnc(C#CCCl)c(N)c1. The molecule has 2 nitrogen and oxygen atoms in total. The minimum absolute atomic E-state index is 0.301. The maximum Gasteiger partial charge on any atom is 0.136 e. The van der Waals surface area contributed by atoms with E-state index in [0.29, 0.717) is 17.3 Å². The zero-order valence-electron chi connectivity index (χ0n) is 6.76. The number of nitrogens with two attached hydrogens (primary N) is 1. The highest BCUT2D eigenvalue weighted by Gasteiger charge is 1.95. The quantitative estimate of drug-likeness (QED) is 0.486. The Bertz CT molecular complexity index is 336. The Hall–Kier alpha value is -1.20. The number of rotatable bonds is 0. The molecule has 0 fully saturated rings. The van der Waals surface area contributed by atoms with Crippen LogP contribution in [0.5, 0.6) is 0 Å². The number of aryl methyl sites for hydroxylation is 1. The zero-order valence-corrected chi connectivity index (χ0v) is 7.52. The van der Waals surface area contributed by atoms with Gasteiger partial charge in [-0.2, -0.15) is 0 Å². The van der Waals surface area contributed by atoms with Crippen LogP contribution in [0, 0.1) is 18.8 Å². The standard InChI is InChI=1S/C9H9ClN2/c1-7-5-8(11)9(12-6-7)3-2-4-10/h5-6H,4,11H2,1H3. The summed E-state index contributed by atoms with van der Waals surface area (Å²) in [5.41, 5.74) is 7.89. The maximum absolute atomic E-state index is 5.65. The van der Waals surface area contributed by atoms with Crippen LogP contribution in [-0.4, -0.2) is 10.9 Å². The summed E-state index contributed by atoms with van der Waals surface area (Å²) in [6, 6.07) is 1.84. The third-order valence-electron chi connectivity index (χ3n) is 1.33. The molecule has 0 saturated carbocycles. The van der Waals surface area contributed by atoms with Gasteiger partial charge in [-0.15, -0.1) is 11.6 Å². The first-order valence-electron chi connectivity index (χ1n) is 3.51. The third kappa shape index (κ3) is 2.14. The van der Waals surface area contributed by atoms with E-state index in [1.54, 1.807) is 6.20 Å². The van der Waals surface area contributed by atoms with Crippen molar-refractivity contribution < 1.29 is 0 Å². The van der Waals surface area contributed by atoms with E-state index in [1.165, 1.54) is 0 Å². The first kappa shape index (κ1) is 8.89. The number of pyridine rings is 1. The minimum Gasteiger partial charge on any atom is -0.396 e. The van der Waals surface area contributed by atoms with Crippen molar-refractivity contribution in [2.24, 2.45) is 0 Å². The fourth-order valence-corrected chi connectivity index (χ4v) is 0.880. The molecule has 2 N–H and O–H groups in total. The molecule has 0 bridgehead atoms. The number of aromatic nitrogens is 1. The van der Waals surface area contributed by atoms with Crippen LogP contribution < -0.4 is 5.73 Å². The van der Waals surface area contributed by atoms with Gasteiger partial charge in [0.1, 0.15) is 5.69 Å². The number of hydrogen-bond donors (Lipinski definition) is 1. The van der Waals surface area contributed by atoms with E-state index in [9.17, 15) is 0 Å². The maximum atomic E-state index is 5.65. The third-order valence-corrected chi connectivity index (χ3v) is 1.46. The summed E-state index contributed by atoms with van der Waals surface area (Å²) in [6.45, 7) is 1.93. The lowest BCUT2D eigenvalue weighted by Gasteiger charge is -1.97. The first-order chi connectivity index (χ1) is 5.74. The number of hydrogen-bond acceptors (Lipinski definition) is 2. The highest BCUT2D eigenvalue weighted by molar-refractivity contribution is 6.19. The Morgan fingerprint density at radius 3 is 3.00 bits per heavy atom. The van der Waals surface area contributed by atoms with Crippen LogP contribution in [-0.2, 0) is 0 Å². The summed E-state index contributed by atoms with van der Waals surface area (Å²) in [5, 5.41) is 0. The van der Waals surface area contributed by atoms with Crippen LogP contribution in [0.1, 0.15) is 11.3 Å². The summed E-state index contributed by atoms with van der Waals surface area (Å²) >= 11 is 5.39. The van der Waals surface area contributed by atoms with Crippen molar-refractivity contribution in [3.05, 3.63) is 23.5 Å². The van der Waals surface area contributed by atoms with Crippen LogP contribution in [0.4, 0.5) is 5.69 Å². The largest absolute Gasteiger partial charge is 0.396 e. The number of anilines is 1. The number of halogens is 1. The van der Waals surface area contributed by atoms with E-state index in [2.05, 4.69) is 16.8 Å². The molecule has 0 aliphatic carbocycles. The van der Waals surface area contributed by atoms with E-state index >= 15 is 0 Å². The number of nitrogens with zero attached hydrogens (tertiary/aromatic N) is 1. The summed E-state index contributed by atoms with van der Waals surface area (Å²) < 4.78 is 0. The molecule has 1 rings (SSSR count). The second-order valence-electron chi connectivity index (χ2n) is 2.39. The average Bonchev–Trinajstić information content (AvgIpc) is 2.03. The second-order valence-corrected chi connectivity index (χ2v) is 2.65. The Labute approximate surface area is 76.8 Å². The van der Waals surface area contributed by atoms with Crippen LogP contribution in [0.15, 0.2) is 12.3 Å². The van der Waals surface area contributed by atoms with E-state index in [-0.39, 0.29) is 0 Å². The molecule has 0 atom stereocenters. The summed E-state index contributed by atoms with van der Waals surface area (Å²) in [4.78, 5) is 4.06. The lowest BCUT2D eigenvalue weighted by atomic mass is 10.2. The molecule has 1 aromatic rings. The van der Waals surface area contributed by atoms with Gasteiger partial charge in [0, 0.05) is 6.20 Å². The van der Waals surface area contributed by atoms with Crippen LogP contribution >= 0.6 is 11.6 Å². The van der Waals surface area contributed by atoms with Gasteiger partial charge in [-0.05, 0) is 24.5 Å². The molecule has 12 heavy (non-hydrogen) atoms. The minimum atomic E-state index is 0.301. The van der Waals surface area contributed by atoms with E-state index < -0.39 is 0 Å². The predicted octanol–water partition coefficient (Wildman–Crippen LogP) is 1.56. The van der Waals surface area contributed by atoms with Crippen molar-refractivity contribution >= 4 is 17.3 Å². The number of alkyl halides is 1. The molecule has 3 heteroatoms. The van der Waals surface area contributed by atoms with Gasteiger partial charge in [-0.1, -0.05) is 5.92 Å². The highest BCUT2D eigenvalue weighted by atomic mass is 35.5. The molecule has 0 aliphatic heterocycles. The van der Waals surface area contributed by atoms with Crippen molar-refractivity contribution in [2.75, 3.05) is 11.6 Å². The second kappa shape index (κ2) is 3.99. The summed E-state index contributed by atoms with van der Waals surface area (Å²) in [5.74, 6) is 5.77. The van der Waals surface area contributed by atoms with Gasteiger partial charge in [-0.3, -0.25) is 0 Å². The lowest BCUT2D eigenvalue weighted by Crippen LogP contribution is -1.94. The molecule has 0 unspecified atom stereocenters. The zero-order chi connectivity index (χ0) is 8.97. The van der Waals surface area contributed by atoms with Crippen LogP contribution in [0.3, 0.4) is 0 Å². The monoisotopic (exact) mass is 180 g/mol. The van der Waals surface area contributed by atoms with Gasteiger partial charge in [0.15, 0.2) is 0 Å².